The highest BCUT2D eigenvalue weighted by atomic mass is 35.5. The third-order valence-electron chi connectivity index (χ3n) is 0.414. The molecule has 0 unspecified atom stereocenters. The predicted molar refractivity (Wildman–Crippen MR) is 52.2 cm³/mol. The highest BCUT2D eigenvalue weighted by Gasteiger charge is 1.64. The molecule has 11 heavy (non-hydrogen) atoms. The lowest BCUT2D eigenvalue weighted by Gasteiger charge is -1.90. The number of rotatable bonds is 2. The van der Waals surface area contributed by atoms with Gasteiger partial charge in [0.1, 0.15) is 0 Å². The highest BCUT2D eigenvalue weighted by Crippen LogP contribution is 1.71. The summed E-state index contributed by atoms with van der Waals surface area (Å²) >= 11 is 0. The van der Waals surface area contributed by atoms with Gasteiger partial charge in [-0.1, -0.05) is 6.92 Å². The summed E-state index contributed by atoms with van der Waals surface area (Å²) in [5.41, 5.74) is 0. The molecule has 0 aromatic rings. The molecule has 0 aliphatic heterocycles. The van der Waals surface area contributed by atoms with E-state index in [0.717, 1.165) is 13.0 Å². The number of hydrogen-bond acceptors (Lipinski definition) is 3. The summed E-state index contributed by atoms with van der Waals surface area (Å²) in [6, 6.07) is 1.94. The maximum absolute atomic E-state index is 6.29. The van der Waals surface area contributed by atoms with E-state index >= 15 is 0 Å². The monoisotopic (exact) mass is 179 g/mol. The van der Waals surface area contributed by atoms with Crippen LogP contribution < -0.4 is 0 Å². The number of nitrogens with one attached hydrogen (secondary N) is 1. The van der Waals surface area contributed by atoms with Crippen LogP contribution in [-0.2, 0) is 0 Å². The molecule has 0 aliphatic rings. The van der Waals surface area contributed by atoms with Gasteiger partial charge in [0.05, 0.1) is 6.01 Å². The molecule has 1 N–H and O–H groups in total. The number of halogens is 1. The van der Waals surface area contributed by atoms with Crippen LogP contribution in [0.5, 0.6) is 0 Å². The first kappa shape index (κ1) is 16.9. The van der Waals surface area contributed by atoms with Gasteiger partial charge in [0, 0.05) is 6.54 Å². The van der Waals surface area contributed by atoms with Crippen molar-refractivity contribution < 1.29 is 0 Å². The predicted octanol–water partition coefficient (Wildman–Crippen LogP) is 1.75. The summed E-state index contributed by atoms with van der Waals surface area (Å²) in [5, 5.41) is 6.29. The number of nitrogens with zero attached hydrogens (tertiary/aromatic N) is 2. The normalized spacial score (nSPS) is 7.00. The maximum atomic E-state index is 6.29. The third kappa shape index (κ3) is 81.1. The maximum Gasteiger partial charge on any atom is 0.0861 e. The van der Waals surface area contributed by atoms with Gasteiger partial charge >= 0.3 is 0 Å². The van der Waals surface area contributed by atoms with Gasteiger partial charge in [0.25, 0.3) is 0 Å². The van der Waals surface area contributed by atoms with E-state index in [2.05, 4.69) is 4.99 Å². The Bertz CT molecular complexity index is 95.1. The standard InChI is InChI=1S/C4H8N2.C3H9N.ClH/c1-2-3-6-4-5;1-4(2)3;/h5H,2-3H2,1H3;1-3H3;1H. The highest BCUT2D eigenvalue weighted by molar-refractivity contribution is 5.85. The number of hydrogen-bond donors (Lipinski definition) is 1. The van der Waals surface area contributed by atoms with Crippen LogP contribution in [0.25, 0.3) is 0 Å². The molecule has 3 nitrogen and oxygen atoms in total. The van der Waals surface area contributed by atoms with Crippen LogP contribution in [0, 0.1) is 5.41 Å². The van der Waals surface area contributed by atoms with Crippen molar-refractivity contribution in [3.63, 3.8) is 0 Å². The average Bonchev–Trinajstić information content (AvgIpc) is 1.82. The second kappa shape index (κ2) is 16.3. The third-order valence-corrected chi connectivity index (χ3v) is 0.414. The molecule has 0 aliphatic carbocycles. The lowest BCUT2D eigenvalue weighted by atomic mass is 10.5. The van der Waals surface area contributed by atoms with E-state index in [0.29, 0.717) is 0 Å². The Hall–Kier alpha value is -0.370. The Kier molecular flexibility index (Phi) is 25.1. The van der Waals surface area contributed by atoms with Gasteiger partial charge in [-0.25, -0.2) is 10.4 Å². The van der Waals surface area contributed by atoms with Crippen LogP contribution in [-0.4, -0.2) is 38.6 Å². The lowest BCUT2D eigenvalue weighted by Crippen LogP contribution is -1.99. The Morgan fingerprint density at radius 3 is 1.82 bits per heavy atom. The van der Waals surface area contributed by atoms with E-state index in [1.807, 2.05) is 39.0 Å². The van der Waals surface area contributed by atoms with Gasteiger partial charge < -0.3 is 4.90 Å². The molecule has 0 aromatic carbocycles. The largest absolute Gasteiger partial charge is 0.312 e. The zero-order valence-corrected chi connectivity index (χ0v) is 8.53. The Morgan fingerprint density at radius 1 is 1.36 bits per heavy atom. The molecule has 0 atom stereocenters. The molecule has 0 saturated carbocycles. The molecule has 0 bridgehead atoms. The molecule has 0 saturated heterocycles. The summed E-state index contributed by atoms with van der Waals surface area (Å²) in [5.74, 6) is 0. The van der Waals surface area contributed by atoms with E-state index in [9.17, 15) is 0 Å². The first-order valence-electron chi connectivity index (χ1n) is 3.34. The molecule has 0 spiro atoms. The topological polar surface area (TPSA) is 39.5 Å². The fraction of sp³-hybridized carbons (Fsp3) is 0.857. The first-order valence-corrected chi connectivity index (χ1v) is 3.34. The molecular formula is C7H18ClN3. The van der Waals surface area contributed by atoms with Gasteiger partial charge in [-0.2, -0.15) is 0 Å². The van der Waals surface area contributed by atoms with Crippen LogP contribution in [0.4, 0.5) is 0 Å². The molecule has 0 radical (unpaired) electrons. The van der Waals surface area contributed by atoms with Gasteiger partial charge in [-0.15, -0.1) is 12.4 Å². The molecule has 0 aromatic heterocycles. The van der Waals surface area contributed by atoms with Crippen molar-refractivity contribution in [2.24, 2.45) is 4.99 Å². The van der Waals surface area contributed by atoms with Gasteiger partial charge in [-0.3, -0.25) is 0 Å². The summed E-state index contributed by atoms with van der Waals surface area (Å²) in [6.45, 7) is 2.75. The van der Waals surface area contributed by atoms with Crippen molar-refractivity contribution in [2.45, 2.75) is 13.3 Å². The van der Waals surface area contributed by atoms with Gasteiger partial charge in [-0.05, 0) is 27.6 Å². The summed E-state index contributed by atoms with van der Waals surface area (Å²) < 4.78 is 0. The minimum Gasteiger partial charge on any atom is -0.312 e. The Morgan fingerprint density at radius 2 is 1.73 bits per heavy atom. The van der Waals surface area contributed by atoms with Crippen molar-refractivity contribution in [2.75, 3.05) is 27.7 Å². The quantitative estimate of drug-likeness (QED) is 0.645. The second-order valence-electron chi connectivity index (χ2n) is 2.34. The molecule has 0 amide bonds. The van der Waals surface area contributed by atoms with E-state index in [4.69, 9.17) is 5.41 Å². The van der Waals surface area contributed by atoms with Crippen molar-refractivity contribution >= 4 is 18.4 Å². The minimum absolute atomic E-state index is 0. The zero-order chi connectivity index (χ0) is 8.41. The number of aliphatic imine (C=N–C) groups is 1. The van der Waals surface area contributed by atoms with Crippen LogP contribution in [0.2, 0.25) is 0 Å². The molecular weight excluding hydrogens is 162 g/mol. The summed E-state index contributed by atoms with van der Waals surface area (Å²) in [4.78, 5) is 5.51. The SMILES string of the molecule is CCCN=C=N.CN(C)C.Cl. The van der Waals surface area contributed by atoms with Crippen LogP contribution in [0.15, 0.2) is 4.99 Å². The van der Waals surface area contributed by atoms with Gasteiger partial charge in [0.15, 0.2) is 0 Å². The molecule has 0 heterocycles. The van der Waals surface area contributed by atoms with Crippen molar-refractivity contribution in [1.29, 1.82) is 5.41 Å². The lowest BCUT2D eigenvalue weighted by molar-refractivity contribution is 0.505. The summed E-state index contributed by atoms with van der Waals surface area (Å²) in [7, 11) is 6.00. The molecule has 0 rings (SSSR count). The van der Waals surface area contributed by atoms with Crippen LogP contribution in [0.3, 0.4) is 0 Å². The fourth-order valence-electron chi connectivity index (χ4n) is 0.168. The molecule has 4 heteroatoms. The first-order chi connectivity index (χ1) is 4.65. The zero-order valence-electron chi connectivity index (χ0n) is 7.72. The van der Waals surface area contributed by atoms with E-state index < -0.39 is 0 Å². The van der Waals surface area contributed by atoms with Gasteiger partial charge in [0.2, 0.25) is 0 Å². The van der Waals surface area contributed by atoms with Crippen LogP contribution >= 0.6 is 12.4 Å². The smallest absolute Gasteiger partial charge is 0.0861 e. The van der Waals surface area contributed by atoms with E-state index in [1.54, 1.807) is 0 Å². The fourth-order valence-corrected chi connectivity index (χ4v) is 0.168. The molecule has 68 valence electrons. The van der Waals surface area contributed by atoms with Crippen molar-refractivity contribution in [3.8, 4) is 0 Å². The van der Waals surface area contributed by atoms with E-state index in [1.165, 1.54) is 0 Å². The van der Waals surface area contributed by atoms with E-state index in [-0.39, 0.29) is 12.4 Å². The Labute approximate surface area is 75.4 Å². The second-order valence-corrected chi connectivity index (χ2v) is 2.34. The molecule has 0 fully saturated rings. The average molecular weight is 180 g/mol. The van der Waals surface area contributed by atoms with Crippen molar-refractivity contribution in [3.05, 3.63) is 0 Å². The Balaban J connectivity index is -0.000000114. The van der Waals surface area contributed by atoms with Crippen LogP contribution in [0.1, 0.15) is 13.3 Å². The van der Waals surface area contributed by atoms with Crippen molar-refractivity contribution in [1.82, 2.24) is 4.90 Å². The summed E-state index contributed by atoms with van der Waals surface area (Å²) in [6.07, 6.45) is 1.01. The minimum atomic E-state index is 0.